The summed E-state index contributed by atoms with van der Waals surface area (Å²) in [5.74, 6) is 0.257. The van der Waals surface area contributed by atoms with Crippen LogP contribution >= 0.6 is 0 Å². The van der Waals surface area contributed by atoms with E-state index in [9.17, 15) is 4.79 Å². The third-order valence-corrected chi connectivity index (χ3v) is 6.57. The summed E-state index contributed by atoms with van der Waals surface area (Å²) < 4.78 is 5.91. The average molecular weight is 467 g/mol. The molecule has 1 saturated heterocycles. The summed E-state index contributed by atoms with van der Waals surface area (Å²) in [6, 6.07) is 20.2. The van der Waals surface area contributed by atoms with Crippen molar-refractivity contribution in [3.63, 3.8) is 0 Å². The molecule has 0 radical (unpaired) electrons. The first kappa shape index (κ1) is 23.0. The zero-order valence-electron chi connectivity index (χ0n) is 20.0. The SMILES string of the molecule is Cc1ccc(C(=O)N2CCOC[C@@H](Cc3cccc4cccnc34)C2)cc1NCc1ccncc1. The molecule has 0 unspecified atom stereocenters. The van der Waals surface area contributed by atoms with E-state index in [-0.39, 0.29) is 11.8 Å². The molecule has 1 aliphatic rings. The zero-order chi connectivity index (χ0) is 24.0. The van der Waals surface area contributed by atoms with Gasteiger partial charge in [0.25, 0.3) is 5.91 Å². The number of carbonyl (C=O) groups is 1. The Morgan fingerprint density at radius 2 is 1.94 bits per heavy atom. The molecule has 35 heavy (non-hydrogen) atoms. The number of pyridine rings is 2. The molecule has 2 aromatic carbocycles. The molecule has 1 atom stereocenters. The van der Waals surface area contributed by atoms with Gasteiger partial charge in [0, 0.05) is 60.8 Å². The van der Waals surface area contributed by atoms with Crippen molar-refractivity contribution in [2.45, 2.75) is 19.9 Å². The lowest BCUT2D eigenvalue weighted by Gasteiger charge is -2.24. The van der Waals surface area contributed by atoms with Crippen molar-refractivity contribution in [2.24, 2.45) is 5.92 Å². The molecule has 0 aliphatic carbocycles. The van der Waals surface area contributed by atoms with E-state index in [1.165, 1.54) is 5.56 Å². The fourth-order valence-electron chi connectivity index (χ4n) is 4.66. The maximum atomic E-state index is 13.5. The van der Waals surface area contributed by atoms with Crippen molar-refractivity contribution >= 4 is 22.5 Å². The summed E-state index contributed by atoms with van der Waals surface area (Å²) in [4.78, 5) is 24.1. The van der Waals surface area contributed by atoms with Gasteiger partial charge in [-0.1, -0.05) is 30.3 Å². The minimum absolute atomic E-state index is 0.0449. The fraction of sp³-hybridized carbons (Fsp3) is 0.276. The highest BCUT2D eigenvalue weighted by Gasteiger charge is 2.24. The van der Waals surface area contributed by atoms with Gasteiger partial charge >= 0.3 is 0 Å². The number of hydrogen-bond acceptors (Lipinski definition) is 5. The fourth-order valence-corrected chi connectivity index (χ4v) is 4.66. The van der Waals surface area contributed by atoms with Crippen LogP contribution in [0.15, 0.2) is 79.3 Å². The third-order valence-electron chi connectivity index (χ3n) is 6.57. The minimum atomic E-state index is 0.0449. The lowest BCUT2D eigenvalue weighted by molar-refractivity contribution is 0.0737. The quantitative estimate of drug-likeness (QED) is 0.439. The van der Waals surface area contributed by atoms with Crippen molar-refractivity contribution in [1.82, 2.24) is 14.9 Å². The smallest absolute Gasteiger partial charge is 0.254 e. The van der Waals surface area contributed by atoms with Crippen LogP contribution in [0.1, 0.15) is 27.0 Å². The van der Waals surface area contributed by atoms with Gasteiger partial charge in [-0.15, -0.1) is 0 Å². The van der Waals surface area contributed by atoms with Crippen LogP contribution in [0.25, 0.3) is 10.9 Å². The van der Waals surface area contributed by atoms with Gasteiger partial charge in [0.05, 0.1) is 18.7 Å². The van der Waals surface area contributed by atoms with E-state index in [4.69, 9.17) is 4.74 Å². The Labute approximate surface area is 206 Å². The lowest BCUT2D eigenvalue weighted by atomic mass is 9.97. The number of ether oxygens (including phenoxy) is 1. The third kappa shape index (κ3) is 5.49. The minimum Gasteiger partial charge on any atom is -0.381 e. The molecule has 5 rings (SSSR count). The molecular weight excluding hydrogens is 436 g/mol. The Morgan fingerprint density at radius 3 is 2.83 bits per heavy atom. The van der Waals surface area contributed by atoms with Gasteiger partial charge in [-0.05, 0) is 60.4 Å². The number of benzene rings is 2. The van der Waals surface area contributed by atoms with Crippen molar-refractivity contribution in [3.8, 4) is 0 Å². The highest BCUT2D eigenvalue weighted by atomic mass is 16.5. The number of fused-ring (bicyclic) bond motifs is 1. The molecule has 1 amide bonds. The number of nitrogens with one attached hydrogen (secondary N) is 1. The molecule has 1 fully saturated rings. The van der Waals surface area contributed by atoms with E-state index in [1.807, 2.05) is 47.5 Å². The normalized spacial score (nSPS) is 16.1. The Kier molecular flexibility index (Phi) is 7.00. The number of aromatic nitrogens is 2. The van der Waals surface area contributed by atoms with Gasteiger partial charge in [-0.3, -0.25) is 14.8 Å². The summed E-state index contributed by atoms with van der Waals surface area (Å²) >= 11 is 0. The molecule has 0 spiro atoms. The second kappa shape index (κ2) is 10.7. The topological polar surface area (TPSA) is 67.4 Å². The second-order valence-electron chi connectivity index (χ2n) is 9.13. The maximum absolute atomic E-state index is 13.5. The van der Waals surface area contributed by atoms with Crippen molar-refractivity contribution in [2.75, 3.05) is 31.6 Å². The largest absolute Gasteiger partial charge is 0.381 e. The van der Waals surface area contributed by atoms with Crippen LogP contribution in [0.2, 0.25) is 0 Å². The summed E-state index contributed by atoms with van der Waals surface area (Å²) in [6.45, 7) is 5.18. The van der Waals surface area contributed by atoms with E-state index >= 15 is 0 Å². The lowest BCUT2D eigenvalue weighted by Crippen LogP contribution is -2.36. The molecule has 1 aliphatic heterocycles. The predicted molar refractivity (Wildman–Crippen MR) is 138 cm³/mol. The molecule has 4 aromatic rings. The van der Waals surface area contributed by atoms with Crippen LogP contribution in [0.4, 0.5) is 5.69 Å². The number of aryl methyl sites for hydroxylation is 1. The molecular formula is C29H30N4O2. The average Bonchev–Trinajstić information content (AvgIpc) is 3.14. The van der Waals surface area contributed by atoms with Crippen molar-refractivity contribution in [1.29, 1.82) is 0 Å². The van der Waals surface area contributed by atoms with Crippen molar-refractivity contribution in [3.05, 3.63) is 102 Å². The Hall–Kier alpha value is -3.77. The summed E-state index contributed by atoms with van der Waals surface area (Å²) in [6.07, 6.45) is 6.24. The van der Waals surface area contributed by atoms with Gasteiger partial charge in [0.15, 0.2) is 0 Å². The number of amides is 1. The highest BCUT2D eigenvalue weighted by Crippen LogP contribution is 2.23. The van der Waals surface area contributed by atoms with E-state index in [0.717, 1.165) is 34.1 Å². The van der Waals surface area contributed by atoms with Crippen LogP contribution in [0.5, 0.6) is 0 Å². The molecule has 2 aromatic heterocycles. The highest BCUT2D eigenvalue weighted by molar-refractivity contribution is 5.95. The van der Waals surface area contributed by atoms with Gasteiger partial charge in [-0.25, -0.2) is 0 Å². The number of nitrogens with zero attached hydrogens (tertiary/aromatic N) is 3. The van der Waals surface area contributed by atoms with Gasteiger partial charge in [0.1, 0.15) is 0 Å². The predicted octanol–water partition coefficient (Wildman–Crippen LogP) is 4.88. The Balaban J connectivity index is 1.30. The molecule has 178 valence electrons. The van der Waals surface area contributed by atoms with Crippen LogP contribution < -0.4 is 5.32 Å². The molecule has 0 bridgehead atoms. The number of rotatable bonds is 6. The van der Waals surface area contributed by atoms with Crippen LogP contribution in [-0.2, 0) is 17.7 Å². The van der Waals surface area contributed by atoms with Gasteiger partial charge < -0.3 is 15.0 Å². The Morgan fingerprint density at radius 1 is 1.09 bits per heavy atom. The first-order valence-electron chi connectivity index (χ1n) is 12.1. The number of para-hydroxylation sites is 1. The van der Waals surface area contributed by atoms with Gasteiger partial charge in [0.2, 0.25) is 0 Å². The second-order valence-corrected chi connectivity index (χ2v) is 9.13. The monoisotopic (exact) mass is 466 g/mol. The summed E-state index contributed by atoms with van der Waals surface area (Å²) in [5.41, 5.74) is 6.14. The van der Waals surface area contributed by atoms with E-state index in [1.54, 1.807) is 12.4 Å². The maximum Gasteiger partial charge on any atom is 0.254 e. The number of anilines is 1. The Bertz CT molecular complexity index is 1300. The number of carbonyl (C=O) groups excluding carboxylic acids is 1. The molecule has 6 nitrogen and oxygen atoms in total. The first-order valence-corrected chi connectivity index (χ1v) is 12.1. The molecule has 0 saturated carbocycles. The van der Waals surface area contributed by atoms with E-state index < -0.39 is 0 Å². The van der Waals surface area contributed by atoms with Crippen LogP contribution in [0, 0.1) is 12.8 Å². The van der Waals surface area contributed by atoms with E-state index in [2.05, 4.69) is 46.5 Å². The zero-order valence-corrected chi connectivity index (χ0v) is 20.0. The van der Waals surface area contributed by atoms with Gasteiger partial charge in [-0.2, -0.15) is 0 Å². The summed E-state index contributed by atoms with van der Waals surface area (Å²) in [7, 11) is 0. The molecule has 6 heteroatoms. The molecule has 1 N–H and O–H groups in total. The summed E-state index contributed by atoms with van der Waals surface area (Å²) in [5, 5.41) is 4.61. The first-order chi connectivity index (χ1) is 17.2. The van der Waals surface area contributed by atoms with Crippen molar-refractivity contribution < 1.29 is 9.53 Å². The van der Waals surface area contributed by atoms with Crippen LogP contribution in [-0.4, -0.2) is 47.1 Å². The van der Waals surface area contributed by atoms with Crippen LogP contribution in [0.3, 0.4) is 0 Å². The number of hydrogen-bond donors (Lipinski definition) is 1. The van der Waals surface area contributed by atoms with E-state index in [0.29, 0.717) is 38.4 Å². The molecule has 3 heterocycles. The standard InChI is InChI=1S/C29H30N4O2/c1-21-7-8-26(17-27(21)32-18-22-9-12-30-13-10-22)29(34)33-14-15-35-20-23(19-33)16-25-5-2-4-24-6-3-11-31-28(24)25/h2-13,17,23,32H,14-16,18-20H2,1H3/t23-/m0/s1.